The number of aryl methyl sites for hydroxylation is 1. The monoisotopic (exact) mass is 201 g/mol. The van der Waals surface area contributed by atoms with Crippen LogP contribution in [0.4, 0.5) is 0 Å². The summed E-state index contributed by atoms with van der Waals surface area (Å²) in [6, 6.07) is 9.33. The molecule has 3 saturated heterocycles. The van der Waals surface area contributed by atoms with Gasteiger partial charge in [-0.1, -0.05) is 31.2 Å². The molecule has 2 bridgehead atoms. The highest BCUT2D eigenvalue weighted by molar-refractivity contribution is 5.27. The predicted octanol–water partition coefficient (Wildman–Crippen LogP) is 2.67. The number of hydrogen-bond donors (Lipinski definition) is 0. The number of benzene rings is 1. The average Bonchev–Trinajstić information content (AvgIpc) is 2.28. The Balaban J connectivity index is 1.79. The molecule has 0 saturated carbocycles. The van der Waals surface area contributed by atoms with Crippen molar-refractivity contribution in [2.75, 3.05) is 19.6 Å². The van der Waals surface area contributed by atoms with Crippen molar-refractivity contribution in [3.8, 4) is 0 Å². The molecule has 80 valence electrons. The zero-order chi connectivity index (χ0) is 10.3. The molecule has 0 aliphatic carbocycles. The Hall–Kier alpha value is -0.820. The van der Waals surface area contributed by atoms with E-state index in [1.54, 1.807) is 5.56 Å². The van der Waals surface area contributed by atoms with Crippen LogP contribution in [0.15, 0.2) is 24.3 Å². The van der Waals surface area contributed by atoms with Gasteiger partial charge in [-0.2, -0.15) is 0 Å². The van der Waals surface area contributed by atoms with Gasteiger partial charge >= 0.3 is 0 Å². The first-order valence-corrected chi connectivity index (χ1v) is 6.18. The van der Waals surface area contributed by atoms with Gasteiger partial charge in [-0.3, -0.25) is 0 Å². The van der Waals surface area contributed by atoms with Gasteiger partial charge in [0.25, 0.3) is 0 Å². The van der Waals surface area contributed by atoms with E-state index in [1.807, 2.05) is 0 Å². The van der Waals surface area contributed by atoms with Crippen LogP contribution in [-0.2, 0) is 6.42 Å². The Morgan fingerprint density at radius 2 is 1.93 bits per heavy atom. The molecule has 3 aliphatic heterocycles. The quantitative estimate of drug-likeness (QED) is 0.711. The zero-order valence-corrected chi connectivity index (χ0v) is 9.45. The second-order valence-corrected chi connectivity index (χ2v) is 5.01. The fraction of sp³-hybridized carbons (Fsp3) is 0.571. The van der Waals surface area contributed by atoms with E-state index in [9.17, 15) is 0 Å². The van der Waals surface area contributed by atoms with Crippen molar-refractivity contribution in [2.24, 2.45) is 5.92 Å². The van der Waals surface area contributed by atoms with E-state index in [1.165, 1.54) is 31.6 Å². The zero-order valence-electron chi connectivity index (χ0n) is 9.45. The van der Waals surface area contributed by atoms with Gasteiger partial charge < -0.3 is 4.90 Å². The first kappa shape index (κ1) is 9.41. The van der Waals surface area contributed by atoms with Crippen LogP contribution in [0.25, 0.3) is 0 Å². The molecule has 0 N–H and O–H groups in total. The van der Waals surface area contributed by atoms with Crippen LogP contribution >= 0.6 is 0 Å². The molecule has 3 heterocycles. The first-order valence-electron chi connectivity index (χ1n) is 6.18. The minimum atomic E-state index is 0.848. The van der Waals surface area contributed by atoms with Gasteiger partial charge in [-0.05, 0) is 42.3 Å². The smallest absolute Gasteiger partial charge is 0.00279 e. The van der Waals surface area contributed by atoms with E-state index < -0.39 is 0 Å². The molecular formula is C14H19N. The van der Waals surface area contributed by atoms with Crippen LogP contribution < -0.4 is 0 Å². The Morgan fingerprint density at radius 3 is 2.47 bits per heavy atom. The van der Waals surface area contributed by atoms with Crippen LogP contribution in [0, 0.1) is 5.92 Å². The van der Waals surface area contributed by atoms with Gasteiger partial charge in [0.15, 0.2) is 0 Å². The van der Waals surface area contributed by atoms with E-state index in [-0.39, 0.29) is 0 Å². The number of rotatable bonds is 2. The first-order chi connectivity index (χ1) is 7.36. The van der Waals surface area contributed by atoms with E-state index >= 15 is 0 Å². The summed E-state index contributed by atoms with van der Waals surface area (Å²) < 4.78 is 0. The van der Waals surface area contributed by atoms with Crippen LogP contribution in [0.1, 0.15) is 30.4 Å². The third-order valence-corrected chi connectivity index (χ3v) is 4.13. The highest BCUT2D eigenvalue weighted by Crippen LogP contribution is 2.39. The fourth-order valence-corrected chi connectivity index (χ4v) is 3.04. The summed E-state index contributed by atoms with van der Waals surface area (Å²) in [6.45, 7) is 6.23. The number of nitrogens with zero attached hydrogens (tertiary/aromatic N) is 1. The van der Waals surface area contributed by atoms with Crippen molar-refractivity contribution < 1.29 is 0 Å². The third-order valence-electron chi connectivity index (χ3n) is 4.13. The highest BCUT2D eigenvalue weighted by Gasteiger charge is 2.38. The van der Waals surface area contributed by atoms with Crippen molar-refractivity contribution >= 4 is 0 Å². The lowest BCUT2D eigenvalue weighted by molar-refractivity contribution is 0.0286. The van der Waals surface area contributed by atoms with Crippen molar-refractivity contribution in [1.29, 1.82) is 0 Å². The summed E-state index contributed by atoms with van der Waals surface area (Å²) in [5.41, 5.74) is 3.04. The third kappa shape index (κ3) is 1.59. The second kappa shape index (κ2) is 3.64. The predicted molar refractivity (Wildman–Crippen MR) is 63.1 cm³/mol. The normalized spacial score (nSPS) is 33.5. The molecule has 15 heavy (non-hydrogen) atoms. The van der Waals surface area contributed by atoms with Gasteiger partial charge in [-0.25, -0.2) is 0 Å². The van der Waals surface area contributed by atoms with Crippen molar-refractivity contribution in [1.82, 2.24) is 4.90 Å². The summed E-state index contributed by atoms with van der Waals surface area (Å²) in [5, 5.41) is 0. The van der Waals surface area contributed by atoms with Gasteiger partial charge in [0.05, 0.1) is 0 Å². The molecule has 0 amide bonds. The van der Waals surface area contributed by atoms with E-state index in [0.29, 0.717) is 0 Å². The Kier molecular flexibility index (Phi) is 2.28. The van der Waals surface area contributed by atoms with Gasteiger partial charge in [0.2, 0.25) is 0 Å². The molecule has 4 rings (SSSR count). The molecule has 1 heteroatoms. The van der Waals surface area contributed by atoms with Gasteiger partial charge in [-0.15, -0.1) is 0 Å². The Morgan fingerprint density at radius 1 is 1.20 bits per heavy atom. The van der Waals surface area contributed by atoms with Crippen molar-refractivity contribution in [3.05, 3.63) is 35.4 Å². The standard InChI is InChI=1S/C14H19N/c1-2-11-3-5-12(6-4-11)14-7-8-15-9-13(14)10-15/h3-6,13-14H,2,7-10H2,1H3. The van der Waals surface area contributed by atoms with Crippen LogP contribution in [0.2, 0.25) is 0 Å². The molecule has 3 aliphatic rings. The lowest BCUT2D eigenvalue weighted by Crippen LogP contribution is -2.54. The molecule has 1 atom stereocenters. The molecule has 0 aromatic heterocycles. The van der Waals surface area contributed by atoms with E-state index in [0.717, 1.165) is 18.3 Å². The summed E-state index contributed by atoms with van der Waals surface area (Å²) in [4.78, 5) is 2.57. The molecule has 1 aromatic carbocycles. The Labute approximate surface area is 92.1 Å². The maximum Gasteiger partial charge on any atom is 0.00279 e. The SMILES string of the molecule is CCc1ccc(C2CCN3CC2C3)cc1. The molecule has 3 fully saturated rings. The molecule has 1 unspecified atom stereocenters. The fourth-order valence-electron chi connectivity index (χ4n) is 3.04. The molecule has 0 spiro atoms. The summed E-state index contributed by atoms with van der Waals surface area (Å²) >= 11 is 0. The molecule has 1 aromatic rings. The van der Waals surface area contributed by atoms with Crippen LogP contribution in [0.3, 0.4) is 0 Å². The average molecular weight is 201 g/mol. The minimum Gasteiger partial charge on any atom is -0.303 e. The van der Waals surface area contributed by atoms with Gasteiger partial charge in [0, 0.05) is 13.1 Å². The van der Waals surface area contributed by atoms with Crippen LogP contribution in [0.5, 0.6) is 0 Å². The second-order valence-electron chi connectivity index (χ2n) is 5.01. The molecular weight excluding hydrogens is 182 g/mol. The lowest BCUT2D eigenvalue weighted by Gasteiger charge is -2.49. The molecule has 0 radical (unpaired) electrons. The van der Waals surface area contributed by atoms with Crippen LogP contribution in [-0.4, -0.2) is 24.5 Å². The number of fused-ring (bicyclic) bond motifs is 2. The largest absolute Gasteiger partial charge is 0.303 e. The Bertz CT molecular complexity index is 332. The maximum atomic E-state index is 2.57. The maximum absolute atomic E-state index is 2.57. The summed E-state index contributed by atoms with van der Waals surface area (Å²) in [7, 11) is 0. The highest BCUT2D eigenvalue weighted by atomic mass is 15.2. The topological polar surface area (TPSA) is 3.24 Å². The lowest BCUT2D eigenvalue weighted by atomic mass is 9.75. The van der Waals surface area contributed by atoms with Gasteiger partial charge in [0.1, 0.15) is 0 Å². The summed E-state index contributed by atoms with van der Waals surface area (Å²) in [6.07, 6.45) is 2.53. The molecule has 1 nitrogen and oxygen atoms in total. The summed E-state index contributed by atoms with van der Waals surface area (Å²) in [5.74, 6) is 1.80. The van der Waals surface area contributed by atoms with Crippen molar-refractivity contribution in [3.63, 3.8) is 0 Å². The number of hydrogen-bond acceptors (Lipinski definition) is 1. The minimum absolute atomic E-state index is 0.848. The van der Waals surface area contributed by atoms with Crippen molar-refractivity contribution in [2.45, 2.75) is 25.7 Å². The van der Waals surface area contributed by atoms with E-state index in [4.69, 9.17) is 0 Å². The number of piperidine rings is 2. The van der Waals surface area contributed by atoms with E-state index in [2.05, 4.69) is 36.1 Å².